The molecule has 1 saturated heterocycles. The molecule has 0 spiro atoms. The third-order valence-corrected chi connectivity index (χ3v) is 5.95. The molecule has 2 aromatic heterocycles. The van der Waals surface area contributed by atoms with E-state index < -0.39 is 12.0 Å². The van der Waals surface area contributed by atoms with Gasteiger partial charge < -0.3 is 16.2 Å². The van der Waals surface area contributed by atoms with Gasteiger partial charge in [-0.15, -0.1) is 0 Å². The number of piperidine rings is 1. The van der Waals surface area contributed by atoms with Crippen LogP contribution in [0, 0.1) is 0 Å². The molecule has 0 aliphatic carbocycles. The lowest BCUT2D eigenvalue weighted by atomic mass is 9.92. The van der Waals surface area contributed by atoms with Gasteiger partial charge in [-0.1, -0.05) is 54.6 Å². The number of rotatable bonds is 4. The summed E-state index contributed by atoms with van der Waals surface area (Å²) in [7, 11) is 0. The van der Waals surface area contributed by atoms with Crippen molar-refractivity contribution >= 4 is 17.4 Å². The van der Waals surface area contributed by atoms with Crippen molar-refractivity contribution in [1.82, 2.24) is 19.9 Å². The minimum absolute atomic E-state index is 0.117. The third-order valence-electron chi connectivity index (χ3n) is 5.95. The Hall–Kier alpha value is -3.71. The monoisotopic (exact) mass is 413 g/mol. The predicted molar refractivity (Wildman–Crippen MR) is 120 cm³/mol. The molecule has 7 nitrogen and oxygen atoms in total. The number of carboxylic acids is 1. The van der Waals surface area contributed by atoms with Gasteiger partial charge in [-0.3, -0.25) is 4.79 Å². The van der Waals surface area contributed by atoms with Crippen LogP contribution in [0.3, 0.4) is 0 Å². The van der Waals surface area contributed by atoms with E-state index in [4.69, 9.17) is 10.7 Å². The Morgan fingerprint density at radius 1 is 1.03 bits per heavy atom. The number of carbonyl (C=O) groups is 1. The summed E-state index contributed by atoms with van der Waals surface area (Å²) in [5, 5.41) is 16.7. The zero-order valence-corrected chi connectivity index (χ0v) is 16.9. The summed E-state index contributed by atoms with van der Waals surface area (Å²) in [5.74, 6) is -0.169. The molecule has 1 aliphatic heterocycles. The second kappa shape index (κ2) is 7.85. The van der Waals surface area contributed by atoms with Crippen LogP contribution in [0.15, 0.2) is 66.9 Å². The number of nitrogens with zero attached hydrogens (tertiary/aromatic N) is 3. The van der Waals surface area contributed by atoms with Gasteiger partial charge >= 0.3 is 5.97 Å². The van der Waals surface area contributed by atoms with Crippen molar-refractivity contribution in [2.75, 3.05) is 12.3 Å². The van der Waals surface area contributed by atoms with Crippen LogP contribution in [0.1, 0.15) is 24.5 Å². The van der Waals surface area contributed by atoms with Gasteiger partial charge in [0.1, 0.15) is 11.9 Å². The molecule has 1 fully saturated rings. The van der Waals surface area contributed by atoms with E-state index in [1.165, 1.54) is 5.56 Å². The van der Waals surface area contributed by atoms with Crippen LogP contribution in [0.4, 0.5) is 5.82 Å². The molecule has 7 heteroatoms. The molecule has 4 aromatic rings. The van der Waals surface area contributed by atoms with Crippen LogP contribution < -0.4 is 11.1 Å². The van der Waals surface area contributed by atoms with Gasteiger partial charge in [0.05, 0.1) is 11.9 Å². The largest absolute Gasteiger partial charge is 0.480 e. The lowest BCUT2D eigenvalue weighted by Gasteiger charge is -2.27. The van der Waals surface area contributed by atoms with Crippen molar-refractivity contribution in [3.05, 3.63) is 72.6 Å². The highest BCUT2D eigenvalue weighted by atomic mass is 16.4. The number of hydrogen-bond donors (Lipinski definition) is 3. The van der Waals surface area contributed by atoms with E-state index in [9.17, 15) is 9.90 Å². The highest BCUT2D eigenvalue weighted by molar-refractivity contribution is 5.80. The zero-order valence-electron chi connectivity index (χ0n) is 16.9. The standard InChI is InChI=1S/C24H23N5O2/c25-22-12-21(18-10-11-20(24(30)31)26-13-18)28-23-19(14-27-29(22)23)17-8-6-16(7-9-17)15-4-2-1-3-5-15/h1-9,12,14,18,20,26H,10-11,13,25H2,(H,30,31). The predicted octanol–water partition coefficient (Wildman–Crippen LogP) is 3.57. The molecular formula is C24H23N5O2. The van der Waals surface area contributed by atoms with Crippen molar-refractivity contribution < 1.29 is 9.90 Å². The Morgan fingerprint density at radius 3 is 2.42 bits per heavy atom. The van der Waals surface area contributed by atoms with E-state index in [0.717, 1.165) is 28.8 Å². The van der Waals surface area contributed by atoms with Crippen molar-refractivity contribution in [3.63, 3.8) is 0 Å². The van der Waals surface area contributed by atoms with Gasteiger partial charge in [-0.25, -0.2) is 4.98 Å². The van der Waals surface area contributed by atoms with Crippen LogP contribution >= 0.6 is 0 Å². The summed E-state index contributed by atoms with van der Waals surface area (Å²) >= 11 is 0. The second-order valence-corrected chi connectivity index (χ2v) is 7.92. The van der Waals surface area contributed by atoms with Gasteiger partial charge in [-0.05, 0) is 29.5 Å². The molecule has 0 amide bonds. The number of aromatic nitrogens is 3. The minimum atomic E-state index is -0.807. The third kappa shape index (κ3) is 3.64. The quantitative estimate of drug-likeness (QED) is 0.472. The summed E-state index contributed by atoms with van der Waals surface area (Å²) in [6, 6.07) is 19.9. The van der Waals surface area contributed by atoms with Crippen LogP contribution in [-0.4, -0.2) is 38.3 Å². The molecular weight excluding hydrogens is 390 g/mol. The fraction of sp³-hybridized carbons (Fsp3) is 0.208. The van der Waals surface area contributed by atoms with Crippen LogP contribution in [0.5, 0.6) is 0 Å². The Labute approximate surface area is 179 Å². The Bertz CT molecular complexity index is 1230. The number of aliphatic carboxylic acids is 1. The topological polar surface area (TPSA) is 106 Å². The molecule has 2 atom stereocenters. The molecule has 5 rings (SSSR count). The number of fused-ring (bicyclic) bond motifs is 1. The number of nitrogens with two attached hydrogens (primary N) is 1. The van der Waals surface area contributed by atoms with Crippen molar-refractivity contribution in [2.24, 2.45) is 0 Å². The normalized spacial score (nSPS) is 18.8. The molecule has 0 radical (unpaired) electrons. The molecule has 4 N–H and O–H groups in total. The highest BCUT2D eigenvalue weighted by Crippen LogP contribution is 2.31. The molecule has 156 valence electrons. The maximum atomic E-state index is 11.2. The summed E-state index contributed by atoms with van der Waals surface area (Å²) < 4.78 is 1.65. The molecule has 31 heavy (non-hydrogen) atoms. The SMILES string of the molecule is Nc1cc(C2CCC(C(=O)O)NC2)nc2c(-c3ccc(-c4ccccc4)cc3)cnn12. The molecule has 2 aromatic carbocycles. The van der Waals surface area contributed by atoms with Gasteiger partial charge in [0.25, 0.3) is 0 Å². The highest BCUT2D eigenvalue weighted by Gasteiger charge is 2.27. The second-order valence-electron chi connectivity index (χ2n) is 7.92. The number of nitrogens with one attached hydrogen (secondary N) is 1. The molecule has 1 aliphatic rings. The maximum absolute atomic E-state index is 11.2. The van der Waals surface area contributed by atoms with E-state index in [1.54, 1.807) is 10.7 Å². The van der Waals surface area contributed by atoms with E-state index in [2.05, 4.69) is 46.8 Å². The molecule has 3 heterocycles. The van der Waals surface area contributed by atoms with Crippen molar-refractivity contribution in [2.45, 2.75) is 24.8 Å². The number of anilines is 1. The first-order chi connectivity index (χ1) is 15.1. The lowest BCUT2D eigenvalue weighted by Crippen LogP contribution is -2.43. The fourth-order valence-electron chi connectivity index (χ4n) is 4.21. The van der Waals surface area contributed by atoms with Crippen LogP contribution in [-0.2, 0) is 4.79 Å². The lowest BCUT2D eigenvalue weighted by molar-refractivity contribution is -0.140. The number of hydrogen-bond acceptors (Lipinski definition) is 5. The average Bonchev–Trinajstić information content (AvgIpc) is 3.24. The Morgan fingerprint density at radius 2 is 1.74 bits per heavy atom. The Kier molecular flexibility index (Phi) is 4.88. The summed E-state index contributed by atoms with van der Waals surface area (Å²) in [6.45, 7) is 0.564. The minimum Gasteiger partial charge on any atom is -0.480 e. The fourth-order valence-corrected chi connectivity index (χ4v) is 4.21. The summed E-state index contributed by atoms with van der Waals surface area (Å²) in [5.41, 5.74) is 12.1. The molecule has 0 bridgehead atoms. The first kappa shape index (κ1) is 19.3. The van der Waals surface area contributed by atoms with E-state index in [0.29, 0.717) is 24.4 Å². The van der Waals surface area contributed by atoms with Crippen molar-refractivity contribution in [3.8, 4) is 22.3 Å². The maximum Gasteiger partial charge on any atom is 0.320 e. The van der Waals surface area contributed by atoms with Gasteiger partial charge in [0, 0.05) is 24.1 Å². The van der Waals surface area contributed by atoms with Gasteiger partial charge in [0.2, 0.25) is 0 Å². The molecule has 0 saturated carbocycles. The zero-order chi connectivity index (χ0) is 21.4. The number of benzene rings is 2. The van der Waals surface area contributed by atoms with E-state index in [-0.39, 0.29) is 5.92 Å². The average molecular weight is 413 g/mol. The van der Waals surface area contributed by atoms with Gasteiger partial charge in [-0.2, -0.15) is 9.61 Å². The first-order valence-electron chi connectivity index (χ1n) is 10.4. The van der Waals surface area contributed by atoms with Gasteiger partial charge in [0.15, 0.2) is 5.65 Å². The van der Waals surface area contributed by atoms with E-state index in [1.807, 2.05) is 24.3 Å². The number of carboxylic acid groups (broad SMARTS) is 1. The van der Waals surface area contributed by atoms with E-state index >= 15 is 0 Å². The van der Waals surface area contributed by atoms with Crippen LogP contribution in [0.25, 0.3) is 27.9 Å². The molecule has 2 unspecified atom stereocenters. The van der Waals surface area contributed by atoms with Crippen molar-refractivity contribution in [1.29, 1.82) is 0 Å². The summed E-state index contributed by atoms with van der Waals surface area (Å²) in [6.07, 6.45) is 3.11. The summed E-state index contributed by atoms with van der Waals surface area (Å²) in [4.78, 5) is 16.1. The smallest absolute Gasteiger partial charge is 0.320 e. The Balaban J connectivity index is 1.47. The first-order valence-corrected chi connectivity index (χ1v) is 10.4. The number of nitrogen functional groups attached to an aromatic ring is 1. The van der Waals surface area contributed by atoms with Crippen LogP contribution in [0.2, 0.25) is 0 Å².